The third-order valence-electron chi connectivity index (χ3n) is 4.37. The molecule has 3 aromatic rings. The Hall–Kier alpha value is -3.23. The highest BCUT2D eigenvalue weighted by Crippen LogP contribution is 2.19. The van der Waals surface area contributed by atoms with Gasteiger partial charge in [0, 0.05) is 25.4 Å². The number of carbonyl (C=O) groups is 1. The summed E-state index contributed by atoms with van der Waals surface area (Å²) in [4.78, 5) is 23.1. The predicted octanol–water partition coefficient (Wildman–Crippen LogP) is 1.67. The van der Waals surface area contributed by atoms with Crippen LogP contribution in [0, 0.1) is 5.82 Å². The Labute approximate surface area is 155 Å². The normalized spacial score (nSPS) is 13.9. The van der Waals surface area contributed by atoms with Crippen molar-refractivity contribution < 1.29 is 13.9 Å². The molecule has 0 radical (unpaired) electrons. The third-order valence-corrected chi connectivity index (χ3v) is 4.37. The van der Waals surface area contributed by atoms with Gasteiger partial charge in [0.05, 0.1) is 18.9 Å². The summed E-state index contributed by atoms with van der Waals surface area (Å²) in [6.45, 7) is 2.46. The number of hydrogen-bond donors (Lipinski definition) is 1. The van der Waals surface area contributed by atoms with Crippen molar-refractivity contribution in [2.45, 2.75) is 12.8 Å². The molecule has 140 valence electrons. The van der Waals surface area contributed by atoms with Crippen molar-refractivity contribution in [1.82, 2.24) is 24.9 Å². The van der Waals surface area contributed by atoms with Crippen LogP contribution in [0.4, 0.5) is 10.2 Å². The van der Waals surface area contributed by atoms with E-state index in [4.69, 9.17) is 4.74 Å². The van der Waals surface area contributed by atoms with Gasteiger partial charge in [-0.05, 0) is 25.0 Å². The second-order valence-corrected chi connectivity index (χ2v) is 6.23. The Morgan fingerprint density at radius 3 is 2.85 bits per heavy atom. The molecule has 1 saturated heterocycles. The van der Waals surface area contributed by atoms with Crippen molar-refractivity contribution in [3.63, 3.8) is 0 Å². The van der Waals surface area contributed by atoms with Gasteiger partial charge in [0.1, 0.15) is 23.8 Å². The summed E-state index contributed by atoms with van der Waals surface area (Å²) in [5.74, 6) is 0.468. The van der Waals surface area contributed by atoms with E-state index in [0.717, 1.165) is 37.9 Å². The summed E-state index contributed by atoms with van der Waals surface area (Å²) in [7, 11) is 0. The minimum atomic E-state index is -0.426. The lowest BCUT2D eigenvalue weighted by atomic mass is 10.3. The van der Waals surface area contributed by atoms with E-state index < -0.39 is 5.82 Å². The molecule has 3 aromatic heterocycles. The van der Waals surface area contributed by atoms with Gasteiger partial charge in [-0.2, -0.15) is 5.10 Å². The number of ether oxygens (including phenoxy) is 1. The Morgan fingerprint density at radius 1 is 1.22 bits per heavy atom. The lowest BCUT2D eigenvalue weighted by Crippen LogP contribution is -2.28. The molecular weight excluding hydrogens is 351 g/mol. The summed E-state index contributed by atoms with van der Waals surface area (Å²) in [5, 5.41) is 6.96. The van der Waals surface area contributed by atoms with Crippen LogP contribution in [0.1, 0.15) is 23.2 Å². The molecule has 9 heteroatoms. The van der Waals surface area contributed by atoms with E-state index in [0.29, 0.717) is 17.1 Å². The molecule has 0 atom stereocenters. The maximum atomic E-state index is 12.8. The second-order valence-electron chi connectivity index (χ2n) is 6.23. The first-order valence-corrected chi connectivity index (χ1v) is 8.82. The lowest BCUT2D eigenvalue weighted by Gasteiger charge is -2.16. The number of carbonyl (C=O) groups excluding carboxylic acids is 1. The van der Waals surface area contributed by atoms with Crippen molar-refractivity contribution in [2.24, 2.45) is 0 Å². The van der Waals surface area contributed by atoms with Crippen molar-refractivity contribution in [3.8, 4) is 5.88 Å². The van der Waals surface area contributed by atoms with Crippen LogP contribution in [-0.2, 0) is 0 Å². The first-order chi connectivity index (χ1) is 13.2. The number of pyridine rings is 1. The standard InChI is InChI=1S/C18H19FN6O2/c19-13-3-4-16(21-11-13)27-10-6-20-18(26)14-12-22-25-9-5-15(23-17(14)25)24-7-1-2-8-24/h3-5,9,11-12H,1-2,6-8,10H2,(H,20,26). The summed E-state index contributed by atoms with van der Waals surface area (Å²) in [6, 6.07) is 4.62. The zero-order chi connectivity index (χ0) is 18.6. The number of amides is 1. The third kappa shape index (κ3) is 3.81. The SMILES string of the molecule is O=C(NCCOc1ccc(F)cn1)c1cnn2ccc(N3CCCC3)nc12. The molecular formula is C18H19FN6O2. The largest absolute Gasteiger partial charge is 0.476 e. The van der Waals surface area contributed by atoms with Gasteiger partial charge in [0.15, 0.2) is 5.65 Å². The molecule has 1 amide bonds. The first-order valence-electron chi connectivity index (χ1n) is 8.82. The van der Waals surface area contributed by atoms with Crippen molar-refractivity contribution in [2.75, 3.05) is 31.1 Å². The van der Waals surface area contributed by atoms with Gasteiger partial charge in [-0.25, -0.2) is 18.9 Å². The number of aromatic nitrogens is 4. The average Bonchev–Trinajstić information content (AvgIpc) is 3.35. The fourth-order valence-corrected chi connectivity index (χ4v) is 3.00. The number of rotatable bonds is 6. The number of hydrogen-bond acceptors (Lipinski definition) is 6. The maximum Gasteiger partial charge on any atom is 0.256 e. The van der Waals surface area contributed by atoms with Gasteiger partial charge < -0.3 is 15.0 Å². The maximum absolute atomic E-state index is 12.8. The molecule has 0 spiro atoms. The summed E-state index contributed by atoms with van der Waals surface area (Å²) < 4.78 is 19.8. The van der Waals surface area contributed by atoms with Crippen LogP contribution in [0.2, 0.25) is 0 Å². The fraction of sp³-hybridized carbons (Fsp3) is 0.333. The van der Waals surface area contributed by atoms with Crippen LogP contribution in [0.5, 0.6) is 5.88 Å². The molecule has 1 aliphatic heterocycles. The molecule has 1 fully saturated rings. The number of nitrogens with zero attached hydrogens (tertiary/aromatic N) is 5. The summed E-state index contributed by atoms with van der Waals surface area (Å²) in [5.41, 5.74) is 0.939. The highest BCUT2D eigenvalue weighted by Gasteiger charge is 2.18. The van der Waals surface area contributed by atoms with E-state index in [1.54, 1.807) is 4.52 Å². The molecule has 4 rings (SSSR count). The van der Waals surface area contributed by atoms with E-state index in [-0.39, 0.29) is 19.1 Å². The minimum Gasteiger partial charge on any atom is -0.476 e. The van der Waals surface area contributed by atoms with Gasteiger partial charge in [-0.3, -0.25) is 4.79 Å². The summed E-state index contributed by atoms with van der Waals surface area (Å²) in [6.07, 6.45) is 6.71. The average molecular weight is 370 g/mol. The first kappa shape index (κ1) is 17.2. The molecule has 0 aliphatic carbocycles. The van der Waals surface area contributed by atoms with Crippen LogP contribution in [0.25, 0.3) is 5.65 Å². The van der Waals surface area contributed by atoms with Crippen molar-refractivity contribution in [1.29, 1.82) is 0 Å². The topological polar surface area (TPSA) is 84.6 Å². The molecule has 1 aliphatic rings. The lowest BCUT2D eigenvalue weighted by molar-refractivity contribution is 0.0948. The summed E-state index contributed by atoms with van der Waals surface area (Å²) >= 11 is 0. The highest BCUT2D eigenvalue weighted by molar-refractivity contribution is 5.99. The molecule has 0 aromatic carbocycles. The molecule has 0 bridgehead atoms. The van der Waals surface area contributed by atoms with Crippen LogP contribution in [-0.4, -0.2) is 51.7 Å². The monoisotopic (exact) mass is 370 g/mol. The van der Waals surface area contributed by atoms with Crippen LogP contribution < -0.4 is 15.0 Å². The Kier molecular flexibility index (Phi) is 4.82. The van der Waals surface area contributed by atoms with E-state index >= 15 is 0 Å². The molecule has 4 heterocycles. The van der Waals surface area contributed by atoms with Gasteiger partial charge in [0.25, 0.3) is 5.91 Å². The highest BCUT2D eigenvalue weighted by atomic mass is 19.1. The van der Waals surface area contributed by atoms with Crippen molar-refractivity contribution in [3.05, 3.63) is 48.2 Å². The van der Waals surface area contributed by atoms with Crippen LogP contribution in [0.3, 0.4) is 0 Å². The van der Waals surface area contributed by atoms with Crippen LogP contribution >= 0.6 is 0 Å². The molecule has 0 unspecified atom stereocenters. The minimum absolute atomic E-state index is 0.218. The predicted molar refractivity (Wildman–Crippen MR) is 96.5 cm³/mol. The Balaban J connectivity index is 1.38. The smallest absolute Gasteiger partial charge is 0.256 e. The number of anilines is 1. The van der Waals surface area contributed by atoms with Gasteiger partial charge in [-0.1, -0.05) is 0 Å². The second kappa shape index (κ2) is 7.56. The number of halogens is 1. The zero-order valence-electron chi connectivity index (χ0n) is 14.6. The van der Waals surface area contributed by atoms with E-state index in [9.17, 15) is 9.18 Å². The molecule has 27 heavy (non-hydrogen) atoms. The van der Waals surface area contributed by atoms with E-state index in [1.165, 1.54) is 18.3 Å². The van der Waals surface area contributed by atoms with Gasteiger partial charge in [-0.15, -0.1) is 0 Å². The molecule has 1 N–H and O–H groups in total. The van der Waals surface area contributed by atoms with E-state index in [1.807, 2.05) is 12.3 Å². The quantitative estimate of drug-likeness (QED) is 0.665. The fourth-order valence-electron chi connectivity index (χ4n) is 3.00. The molecule has 8 nitrogen and oxygen atoms in total. The van der Waals surface area contributed by atoms with E-state index in [2.05, 4.69) is 25.3 Å². The van der Waals surface area contributed by atoms with Gasteiger partial charge >= 0.3 is 0 Å². The molecule has 0 saturated carbocycles. The Bertz CT molecular complexity index is 937. The van der Waals surface area contributed by atoms with Crippen molar-refractivity contribution >= 4 is 17.4 Å². The Morgan fingerprint density at radius 2 is 2.07 bits per heavy atom. The number of nitrogens with one attached hydrogen (secondary N) is 1. The van der Waals surface area contributed by atoms with Gasteiger partial charge in [0.2, 0.25) is 5.88 Å². The zero-order valence-corrected chi connectivity index (χ0v) is 14.6. The number of fused-ring (bicyclic) bond motifs is 1. The van der Waals surface area contributed by atoms with Crippen LogP contribution in [0.15, 0.2) is 36.8 Å².